The van der Waals surface area contributed by atoms with Gasteiger partial charge in [0.1, 0.15) is 23.2 Å². The van der Waals surface area contributed by atoms with Gasteiger partial charge in [0.25, 0.3) is 0 Å². The summed E-state index contributed by atoms with van der Waals surface area (Å²) in [5.41, 5.74) is 0.764. The second kappa shape index (κ2) is 12.6. The van der Waals surface area contributed by atoms with Gasteiger partial charge in [-0.25, -0.2) is 4.98 Å². The number of hydrogen-bond donors (Lipinski definition) is 2. The third-order valence-corrected chi connectivity index (χ3v) is 9.29. The highest BCUT2D eigenvalue weighted by Crippen LogP contribution is 2.61. The molecule has 6 rings (SSSR count). The normalized spacial score (nSPS) is 26.5. The van der Waals surface area contributed by atoms with E-state index in [1.54, 1.807) is 26.4 Å². The van der Waals surface area contributed by atoms with Gasteiger partial charge in [-0.1, -0.05) is 18.2 Å². The zero-order valence-corrected chi connectivity index (χ0v) is 24.3. The lowest BCUT2D eigenvalue weighted by Crippen LogP contribution is -2.62. The first kappa shape index (κ1) is 30.3. The molecule has 3 unspecified atom stereocenters. The molecule has 0 aliphatic heterocycles. The van der Waals surface area contributed by atoms with Crippen molar-refractivity contribution in [2.24, 2.45) is 23.2 Å². The van der Waals surface area contributed by atoms with Crippen LogP contribution in [0.3, 0.4) is 0 Å². The summed E-state index contributed by atoms with van der Waals surface area (Å²) in [5.74, 6) is 2.25. The molecule has 2 aromatic rings. The number of benzene rings is 1. The number of aromatic nitrogens is 2. The maximum absolute atomic E-state index is 12.8. The molecule has 1 aromatic carbocycles. The van der Waals surface area contributed by atoms with Gasteiger partial charge in [-0.3, -0.25) is 4.90 Å². The van der Waals surface area contributed by atoms with E-state index in [1.165, 1.54) is 31.2 Å². The van der Waals surface area contributed by atoms with Gasteiger partial charge >= 0.3 is 6.36 Å². The maximum atomic E-state index is 12.8. The van der Waals surface area contributed by atoms with Crippen LogP contribution in [-0.2, 0) is 16.0 Å². The molecule has 4 bridgehead atoms. The Morgan fingerprint density at radius 2 is 1.79 bits per heavy atom. The molecule has 1 heterocycles. The van der Waals surface area contributed by atoms with Crippen LogP contribution in [0, 0.1) is 34.5 Å². The van der Waals surface area contributed by atoms with E-state index in [2.05, 4.69) is 43.4 Å². The number of nitrogens with one attached hydrogen (secondary N) is 2. The molecular formula is C30H39F3N6O3. The SMILES string of the molecule is COCC(COC)N(C)C1[C@@H]2CC3C[C@H]1CC(CNc1nc(NCc4ccccc4OC(F)(F)F)ncc1C#N)(C3)C2. The molecule has 4 fully saturated rings. The molecule has 0 spiro atoms. The molecule has 4 saturated carbocycles. The van der Waals surface area contributed by atoms with Crippen molar-refractivity contribution in [2.45, 2.75) is 57.1 Å². The zero-order valence-electron chi connectivity index (χ0n) is 24.3. The Morgan fingerprint density at radius 3 is 2.43 bits per heavy atom. The van der Waals surface area contributed by atoms with E-state index in [0.29, 0.717) is 60.5 Å². The second-order valence-corrected chi connectivity index (χ2v) is 12.1. The summed E-state index contributed by atoms with van der Waals surface area (Å²) in [7, 11) is 5.68. The Kier molecular flexibility index (Phi) is 9.11. The number of ether oxygens (including phenoxy) is 3. The predicted molar refractivity (Wildman–Crippen MR) is 151 cm³/mol. The number of para-hydroxylation sites is 1. The average Bonchev–Trinajstić information content (AvgIpc) is 2.94. The van der Waals surface area contributed by atoms with E-state index < -0.39 is 6.36 Å². The van der Waals surface area contributed by atoms with Crippen molar-refractivity contribution >= 4 is 11.8 Å². The van der Waals surface area contributed by atoms with Gasteiger partial charge < -0.3 is 24.8 Å². The van der Waals surface area contributed by atoms with Crippen molar-refractivity contribution in [2.75, 3.05) is 51.7 Å². The van der Waals surface area contributed by atoms with E-state index in [-0.39, 0.29) is 29.7 Å². The maximum Gasteiger partial charge on any atom is 0.573 e. The molecule has 5 atom stereocenters. The second-order valence-electron chi connectivity index (χ2n) is 12.1. The smallest absolute Gasteiger partial charge is 0.405 e. The van der Waals surface area contributed by atoms with Crippen LogP contribution < -0.4 is 15.4 Å². The highest BCUT2D eigenvalue weighted by atomic mass is 19.4. The van der Waals surface area contributed by atoms with E-state index in [0.717, 1.165) is 19.3 Å². The molecule has 0 amide bonds. The number of rotatable bonds is 13. The minimum absolute atomic E-state index is 0.0224. The number of nitrogens with zero attached hydrogens (tertiary/aromatic N) is 4. The highest BCUT2D eigenvalue weighted by Gasteiger charge is 2.56. The monoisotopic (exact) mass is 588 g/mol. The fourth-order valence-electron chi connectivity index (χ4n) is 7.96. The van der Waals surface area contributed by atoms with Gasteiger partial charge in [0.2, 0.25) is 5.95 Å². The zero-order chi connectivity index (χ0) is 29.9. The Balaban J connectivity index is 1.26. The summed E-state index contributed by atoms with van der Waals surface area (Å²) in [5, 5.41) is 16.2. The first-order valence-electron chi connectivity index (χ1n) is 14.4. The predicted octanol–water partition coefficient (Wildman–Crippen LogP) is 5.06. The molecule has 9 nitrogen and oxygen atoms in total. The lowest BCUT2D eigenvalue weighted by Gasteiger charge is -2.62. The third-order valence-electron chi connectivity index (χ3n) is 9.29. The van der Waals surface area contributed by atoms with Crippen LogP contribution in [0.4, 0.5) is 24.9 Å². The van der Waals surface area contributed by atoms with E-state index in [4.69, 9.17) is 9.47 Å². The van der Waals surface area contributed by atoms with Crippen LogP contribution in [-0.4, -0.2) is 74.3 Å². The fourth-order valence-corrected chi connectivity index (χ4v) is 7.96. The molecule has 0 saturated heterocycles. The quantitative estimate of drug-likeness (QED) is 0.332. The number of halogens is 3. The summed E-state index contributed by atoms with van der Waals surface area (Å²) in [4.78, 5) is 11.2. The number of hydrogen-bond acceptors (Lipinski definition) is 9. The van der Waals surface area contributed by atoms with Crippen LogP contribution in [0.2, 0.25) is 0 Å². The van der Waals surface area contributed by atoms with Gasteiger partial charge in [0.05, 0.1) is 25.5 Å². The molecule has 4 aliphatic rings. The van der Waals surface area contributed by atoms with Crippen LogP contribution in [0.25, 0.3) is 0 Å². The van der Waals surface area contributed by atoms with E-state index in [9.17, 15) is 18.4 Å². The fraction of sp³-hybridized carbons (Fsp3) is 0.633. The number of nitriles is 1. The van der Waals surface area contributed by atoms with Crippen molar-refractivity contribution in [1.29, 1.82) is 5.26 Å². The summed E-state index contributed by atoms with van der Waals surface area (Å²) in [6.45, 7) is 2.01. The van der Waals surface area contributed by atoms with Crippen LogP contribution in [0.1, 0.15) is 43.2 Å². The van der Waals surface area contributed by atoms with Crippen LogP contribution in [0.5, 0.6) is 5.75 Å². The average molecular weight is 589 g/mol. The Hall–Kier alpha value is -3.14. The van der Waals surface area contributed by atoms with Crippen molar-refractivity contribution in [3.63, 3.8) is 0 Å². The number of anilines is 2. The van der Waals surface area contributed by atoms with E-state index >= 15 is 0 Å². The van der Waals surface area contributed by atoms with Crippen LogP contribution >= 0.6 is 0 Å². The molecule has 0 radical (unpaired) electrons. The number of likely N-dealkylation sites (N-methyl/N-ethyl adjacent to an activating group) is 1. The summed E-state index contributed by atoms with van der Waals surface area (Å²) in [6, 6.07) is 8.79. The minimum Gasteiger partial charge on any atom is -0.405 e. The minimum atomic E-state index is -4.79. The summed E-state index contributed by atoms with van der Waals surface area (Å²) < 4.78 is 53.6. The molecular weight excluding hydrogens is 549 g/mol. The van der Waals surface area contributed by atoms with Crippen LogP contribution in [0.15, 0.2) is 30.5 Å². The molecule has 4 aliphatic carbocycles. The summed E-state index contributed by atoms with van der Waals surface area (Å²) in [6.07, 6.45) is 2.52. The standard InChI is InChI=1S/C30H39F3N6O3/c1-39(24(16-40-2)17-41-3)26-21-8-19-9-22(26)12-29(10-19,11-21)18-37-27-23(13-34)15-36-28(38-27)35-14-20-6-4-5-7-25(20)42-30(31,32)33/h4-7,15,19,21-22,24,26H,8-12,14,16-18H2,1-3H3,(H2,35,36,37,38)/t19?,21-,22+,26?,29?. The third kappa shape index (κ3) is 6.74. The van der Waals surface area contributed by atoms with Gasteiger partial charge in [-0.2, -0.15) is 10.2 Å². The largest absolute Gasteiger partial charge is 0.573 e. The van der Waals surface area contributed by atoms with E-state index in [1.807, 2.05) is 0 Å². The Bertz CT molecular complexity index is 1250. The topological polar surface area (TPSA) is 105 Å². The van der Waals surface area contributed by atoms with Gasteiger partial charge in [-0.05, 0) is 68.4 Å². The van der Waals surface area contributed by atoms with Gasteiger partial charge in [-0.15, -0.1) is 13.2 Å². The molecule has 2 N–H and O–H groups in total. The lowest BCUT2D eigenvalue weighted by molar-refractivity contribution is -0.274. The molecule has 1 aromatic heterocycles. The van der Waals surface area contributed by atoms with Gasteiger partial charge in [0, 0.05) is 38.9 Å². The van der Waals surface area contributed by atoms with Crippen molar-refractivity contribution < 1.29 is 27.4 Å². The number of methoxy groups -OCH3 is 2. The van der Waals surface area contributed by atoms with Crippen molar-refractivity contribution in [1.82, 2.24) is 14.9 Å². The summed E-state index contributed by atoms with van der Waals surface area (Å²) >= 11 is 0. The lowest BCUT2D eigenvalue weighted by atomic mass is 9.47. The Morgan fingerprint density at radius 1 is 1.10 bits per heavy atom. The molecule has 228 valence electrons. The highest BCUT2D eigenvalue weighted by molar-refractivity contribution is 5.53. The first-order valence-corrected chi connectivity index (χ1v) is 14.4. The van der Waals surface area contributed by atoms with Gasteiger partial charge in [0.15, 0.2) is 0 Å². The number of alkyl halides is 3. The molecule has 42 heavy (non-hydrogen) atoms. The van der Waals surface area contributed by atoms with Crippen molar-refractivity contribution in [3.8, 4) is 11.8 Å². The van der Waals surface area contributed by atoms with Crippen molar-refractivity contribution in [3.05, 3.63) is 41.6 Å². The Labute approximate surface area is 244 Å². The molecule has 12 heteroatoms. The first-order chi connectivity index (χ1) is 20.1.